The third-order valence-corrected chi connectivity index (χ3v) is 3.67. The minimum atomic E-state index is -0.252. The summed E-state index contributed by atoms with van der Waals surface area (Å²) in [6.07, 6.45) is 3.54. The average Bonchev–Trinajstić information content (AvgIpc) is 2.46. The molecule has 0 saturated carbocycles. The molecule has 1 aliphatic rings. The number of rotatable bonds is 6. The largest absolute Gasteiger partial charge is 0.359 e. The Morgan fingerprint density at radius 3 is 2.70 bits per heavy atom. The van der Waals surface area contributed by atoms with E-state index in [1.54, 1.807) is 12.4 Å². The zero-order chi connectivity index (χ0) is 17.0. The summed E-state index contributed by atoms with van der Waals surface area (Å²) in [5.41, 5.74) is 1.30. The predicted molar refractivity (Wildman–Crippen MR) is 88.8 cm³/mol. The van der Waals surface area contributed by atoms with Gasteiger partial charge in [-0.25, -0.2) is 0 Å². The molecule has 0 N–H and O–H groups in total. The Hall–Kier alpha value is -2.15. The van der Waals surface area contributed by atoms with Gasteiger partial charge in [-0.1, -0.05) is 19.9 Å². The van der Waals surface area contributed by atoms with Gasteiger partial charge in [0, 0.05) is 39.6 Å². The van der Waals surface area contributed by atoms with E-state index in [0.29, 0.717) is 31.5 Å². The van der Waals surface area contributed by atoms with Gasteiger partial charge in [0.15, 0.2) is 5.82 Å². The van der Waals surface area contributed by atoms with Crippen molar-refractivity contribution >= 4 is 0 Å². The number of pyridine rings is 1. The standard InChI is InChI=1S/C16H25N5O2/c1-13(2)9-19-11-15(21(22)23)16(18(3)4)20(12-19)10-14-6-5-7-17-8-14/h5-8,13H,9-12H2,1-4H3. The van der Waals surface area contributed by atoms with Crippen molar-refractivity contribution in [1.82, 2.24) is 19.7 Å². The van der Waals surface area contributed by atoms with Crippen molar-refractivity contribution in [2.24, 2.45) is 5.92 Å². The molecule has 0 saturated heterocycles. The molecule has 0 aliphatic carbocycles. The first kappa shape index (κ1) is 17.2. The summed E-state index contributed by atoms with van der Waals surface area (Å²) >= 11 is 0. The molecule has 1 aromatic heterocycles. The van der Waals surface area contributed by atoms with E-state index in [0.717, 1.165) is 12.1 Å². The molecule has 0 spiro atoms. The molecule has 7 nitrogen and oxygen atoms in total. The summed E-state index contributed by atoms with van der Waals surface area (Å²) in [4.78, 5) is 21.5. The van der Waals surface area contributed by atoms with Crippen molar-refractivity contribution < 1.29 is 4.92 Å². The number of nitrogens with zero attached hydrogens (tertiary/aromatic N) is 5. The van der Waals surface area contributed by atoms with E-state index < -0.39 is 0 Å². The summed E-state index contributed by atoms with van der Waals surface area (Å²) < 4.78 is 0. The second-order valence-electron chi connectivity index (χ2n) is 6.53. The molecule has 0 unspecified atom stereocenters. The van der Waals surface area contributed by atoms with Crippen molar-refractivity contribution in [3.8, 4) is 0 Å². The summed E-state index contributed by atoms with van der Waals surface area (Å²) in [5, 5.41) is 11.6. The van der Waals surface area contributed by atoms with Crippen LogP contribution in [-0.2, 0) is 6.54 Å². The summed E-state index contributed by atoms with van der Waals surface area (Å²) in [6, 6.07) is 3.88. The molecule has 0 atom stereocenters. The molecule has 0 amide bonds. The fourth-order valence-electron chi connectivity index (χ4n) is 2.98. The van der Waals surface area contributed by atoms with Crippen LogP contribution in [0, 0.1) is 16.0 Å². The lowest BCUT2D eigenvalue weighted by atomic mass is 10.2. The zero-order valence-electron chi connectivity index (χ0n) is 14.3. The number of nitro groups is 1. The van der Waals surface area contributed by atoms with E-state index in [2.05, 4.69) is 28.6 Å². The van der Waals surface area contributed by atoms with E-state index in [-0.39, 0.29) is 10.6 Å². The maximum Gasteiger partial charge on any atom is 0.300 e. The van der Waals surface area contributed by atoms with E-state index in [1.165, 1.54) is 0 Å². The third-order valence-electron chi connectivity index (χ3n) is 3.67. The van der Waals surface area contributed by atoms with Crippen LogP contribution in [0.1, 0.15) is 19.4 Å². The molecule has 0 radical (unpaired) electrons. The Morgan fingerprint density at radius 2 is 2.17 bits per heavy atom. The number of hydrogen-bond acceptors (Lipinski definition) is 6. The lowest BCUT2D eigenvalue weighted by Gasteiger charge is -2.39. The molecular formula is C16H25N5O2. The Balaban J connectivity index is 2.33. The molecule has 1 aliphatic heterocycles. The summed E-state index contributed by atoms with van der Waals surface area (Å²) in [5.74, 6) is 1.14. The lowest BCUT2D eigenvalue weighted by molar-refractivity contribution is -0.433. The van der Waals surface area contributed by atoms with Crippen LogP contribution in [0.25, 0.3) is 0 Å². The maximum absolute atomic E-state index is 11.6. The molecule has 2 heterocycles. The Labute approximate surface area is 137 Å². The topological polar surface area (TPSA) is 65.8 Å². The quantitative estimate of drug-likeness (QED) is 0.588. The van der Waals surface area contributed by atoms with E-state index in [1.807, 2.05) is 31.1 Å². The van der Waals surface area contributed by atoms with Crippen LogP contribution < -0.4 is 0 Å². The van der Waals surface area contributed by atoms with Crippen LogP contribution in [0.4, 0.5) is 0 Å². The molecule has 0 bridgehead atoms. The van der Waals surface area contributed by atoms with Crippen molar-refractivity contribution in [2.45, 2.75) is 20.4 Å². The fraction of sp³-hybridized carbons (Fsp3) is 0.562. The van der Waals surface area contributed by atoms with Crippen LogP contribution in [0.2, 0.25) is 0 Å². The number of hydrogen-bond donors (Lipinski definition) is 0. The highest BCUT2D eigenvalue weighted by Gasteiger charge is 2.33. The second-order valence-corrected chi connectivity index (χ2v) is 6.53. The monoisotopic (exact) mass is 319 g/mol. The van der Waals surface area contributed by atoms with Gasteiger partial charge in [0.25, 0.3) is 5.70 Å². The van der Waals surface area contributed by atoms with E-state index in [9.17, 15) is 10.1 Å². The van der Waals surface area contributed by atoms with Crippen molar-refractivity contribution in [2.75, 3.05) is 33.9 Å². The van der Waals surface area contributed by atoms with Gasteiger partial charge >= 0.3 is 0 Å². The van der Waals surface area contributed by atoms with E-state index in [4.69, 9.17) is 0 Å². The van der Waals surface area contributed by atoms with Gasteiger partial charge in [0.05, 0.1) is 18.1 Å². The van der Waals surface area contributed by atoms with Crippen molar-refractivity contribution in [3.05, 3.63) is 51.7 Å². The first-order chi connectivity index (χ1) is 10.9. The molecule has 1 aromatic rings. The molecule has 126 valence electrons. The highest BCUT2D eigenvalue weighted by molar-refractivity contribution is 5.15. The molecule has 0 aromatic carbocycles. The lowest BCUT2D eigenvalue weighted by Crippen LogP contribution is -2.49. The van der Waals surface area contributed by atoms with Gasteiger partial charge in [-0.15, -0.1) is 0 Å². The smallest absolute Gasteiger partial charge is 0.300 e. The first-order valence-electron chi connectivity index (χ1n) is 7.79. The highest BCUT2D eigenvalue weighted by Crippen LogP contribution is 2.23. The normalized spacial score (nSPS) is 16.1. The van der Waals surface area contributed by atoms with Crippen LogP contribution in [0.3, 0.4) is 0 Å². The van der Waals surface area contributed by atoms with Crippen LogP contribution >= 0.6 is 0 Å². The van der Waals surface area contributed by atoms with E-state index >= 15 is 0 Å². The zero-order valence-corrected chi connectivity index (χ0v) is 14.3. The SMILES string of the molecule is CC(C)CN1CC([N+](=O)[O-])=C(N(C)C)N(Cc2cccnc2)C1. The second kappa shape index (κ2) is 7.41. The Morgan fingerprint density at radius 1 is 1.43 bits per heavy atom. The number of aromatic nitrogens is 1. The fourth-order valence-corrected chi connectivity index (χ4v) is 2.98. The summed E-state index contributed by atoms with van der Waals surface area (Å²) in [6.45, 7) is 6.75. The summed E-state index contributed by atoms with van der Waals surface area (Å²) in [7, 11) is 3.71. The van der Waals surface area contributed by atoms with Gasteiger partial charge in [-0.3, -0.25) is 20.0 Å². The highest BCUT2D eigenvalue weighted by atomic mass is 16.6. The maximum atomic E-state index is 11.6. The van der Waals surface area contributed by atoms with Gasteiger partial charge in [-0.05, 0) is 17.5 Å². The van der Waals surface area contributed by atoms with Gasteiger partial charge in [-0.2, -0.15) is 0 Å². The molecular weight excluding hydrogens is 294 g/mol. The van der Waals surface area contributed by atoms with Crippen LogP contribution in [0.15, 0.2) is 36.0 Å². The van der Waals surface area contributed by atoms with Crippen molar-refractivity contribution in [1.29, 1.82) is 0 Å². The molecule has 7 heteroatoms. The van der Waals surface area contributed by atoms with Gasteiger partial charge < -0.3 is 9.80 Å². The van der Waals surface area contributed by atoms with Gasteiger partial charge in [0.2, 0.25) is 0 Å². The van der Waals surface area contributed by atoms with Crippen molar-refractivity contribution in [3.63, 3.8) is 0 Å². The molecule has 2 rings (SSSR count). The average molecular weight is 319 g/mol. The predicted octanol–water partition coefficient (Wildman–Crippen LogP) is 1.82. The molecule has 23 heavy (non-hydrogen) atoms. The van der Waals surface area contributed by atoms with Gasteiger partial charge in [0.1, 0.15) is 0 Å². The third kappa shape index (κ3) is 4.41. The van der Waals surface area contributed by atoms with Crippen LogP contribution in [-0.4, -0.2) is 58.5 Å². The first-order valence-corrected chi connectivity index (χ1v) is 7.79. The molecule has 0 fully saturated rings. The Bertz CT molecular complexity index is 571. The minimum absolute atomic E-state index is 0.252. The van der Waals surface area contributed by atoms with Crippen LogP contribution in [0.5, 0.6) is 0 Å². The Kier molecular flexibility index (Phi) is 5.54. The minimum Gasteiger partial charge on any atom is -0.359 e.